The van der Waals surface area contributed by atoms with Crippen LogP contribution >= 0.6 is 0 Å². The number of nitrogens with zero attached hydrogens (tertiary/aromatic N) is 1. The first-order valence-electron chi connectivity index (χ1n) is 8.51. The van der Waals surface area contributed by atoms with Crippen molar-refractivity contribution in [1.82, 2.24) is 4.90 Å². The number of rotatable bonds is 8. The minimum absolute atomic E-state index is 0.116. The van der Waals surface area contributed by atoms with E-state index in [1.807, 2.05) is 31.2 Å². The Labute approximate surface area is 144 Å². The largest absolute Gasteiger partial charge is 0.494 e. The molecule has 2 aromatic rings. The van der Waals surface area contributed by atoms with Crippen molar-refractivity contribution < 1.29 is 9.53 Å². The van der Waals surface area contributed by atoms with E-state index in [1.54, 1.807) is 12.1 Å². The van der Waals surface area contributed by atoms with Crippen molar-refractivity contribution in [3.05, 3.63) is 59.7 Å². The van der Waals surface area contributed by atoms with Gasteiger partial charge in [-0.05, 0) is 62.0 Å². The number of carbonyl (C=O) groups excluding carboxylic acids is 1. The summed E-state index contributed by atoms with van der Waals surface area (Å²) >= 11 is 0. The Bertz CT molecular complexity index is 632. The summed E-state index contributed by atoms with van der Waals surface area (Å²) in [7, 11) is 0. The predicted molar refractivity (Wildman–Crippen MR) is 98.6 cm³/mol. The minimum atomic E-state index is -0.116. The van der Waals surface area contributed by atoms with Crippen LogP contribution in [-0.2, 0) is 6.54 Å². The molecule has 2 aromatic carbocycles. The summed E-state index contributed by atoms with van der Waals surface area (Å²) in [5.74, 6) is 0.657. The number of anilines is 1. The van der Waals surface area contributed by atoms with Gasteiger partial charge in [-0.2, -0.15) is 0 Å². The zero-order chi connectivity index (χ0) is 17.4. The second-order valence-corrected chi connectivity index (χ2v) is 5.57. The minimum Gasteiger partial charge on any atom is -0.494 e. The van der Waals surface area contributed by atoms with E-state index in [4.69, 9.17) is 4.74 Å². The van der Waals surface area contributed by atoms with E-state index in [-0.39, 0.29) is 5.91 Å². The van der Waals surface area contributed by atoms with E-state index in [0.717, 1.165) is 31.1 Å². The van der Waals surface area contributed by atoms with Gasteiger partial charge in [0.25, 0.3) is 5.91 Å². The molecule has 0 aliphatic carbocycles. The molecule has 0 radical (unpaired) electrons. The Morgan fingerprint density at radius 3 is 2.12 bits per heavy atom. The lowest BCUT2D eigenvalue weighted by Crippen LogP contribution is -2.22. The van der Waals surface area contributed by atoms with Crippen LogP contribution in [0.15, 0.2) is 48.5 Å². The average Bonchev–Trinajstić information content (AvgIpc) is 2.62. The molecule has 24 heavy (non-hydrogen) atoms. The van der Waals surface area contributed by atoms with Crippen molar-refractivity contribution in [1.29, 1.82) is 0 Å². The smallest absolute Gasteiger partial charge is 0.255 e. The molecular formula is C20H26N2O2. The summed E-state index contributed by atoms with van der Waals surface area (Å²) in [6.07, 6.45) is 0. The van der Waals surface area contributed by atoms with Crippen molar-refractivity contribution in [2.75, 3.05) is 25.0 Å². The third-order valence-electron chi connectivity index (χ3n) is 3.94. The molecular weight excluding hydrogens is 300 g/mol. The molecule has 0 unspecified atom stereocenters. The van der Waals surface area contributed by atoms with E-state index in [1.165, 1.54) is 5.56 Å². The second kappa shape index (κ2) is 9.08. The first kappa shape index (κ1) is 18.0. The number of nitrogens with one attached hydrogen (secondary N) is 1. The van der Waals surface area contributed by atoms with Gasteiger partial charge in [-0.25, -0.2) is 0 Å². The van der Waals surface area contributed by atoms with Crippen LogP contribution in [0.2, 0.25) is 0 Å². The molecule has 4 heteroatoms. The average molecular weight is 326 g/mol. The SMILES string of the molecule is CCOc1ccc(C(=O)Nc2ccc(CN(CC)CC)cc2)cc1. The monoisotopic (exact) mass is 326 g/mol. The van der Waals surface area contributed by atoms with Gasteiger partial charge in [0.1, 0.15) is 5.75 Å². The lowest BCUT2D eigenvalue weighted by atomic mass is 10.1. The number of carbonyl (C=O) groups is 1. The summed E-state index contributed by atoms with van der Waals surface area (Å²) in [6, 6.07) is 15.2. The van der Waals surface area contributed by atoms with Gasteiger partial charge in [0.05, 0.1) is 6.61 Å². The lowest BCUT2D eigenvalue weighted by molar-refractivity contribution is 0.102. The maximum atomic E-state index is 12.3. The summed E-state index contributed by atoms with van der Waals surface area (Å²) < 4.78 is 5.39. The van der Waals surface area contributed by atoms with Crippen molar-refractivity contribution in [3.63, 3.8) is 0 Å². The topological polar surface area (TPSA) is 41.6 Å². The van der Waals surface area contributed by atoms with Gasteiger partial charge in [-0.3, -0.25) is 9.69 Å². The number of ether oxygens (including phenoxy) is 1. The zero-order valence-electron chi connectivity index (χ0n) is 14.7. The van der Waals surface area contributed by atoms with Crippen LogP contribution in [0.1, 0.15) is 36.7 Å². The molecule has 0 fully saturated rings. The molecule has 1 amide bonds. The maximum Gasteiger partial charge on any atom is 0.255 e. The Balaban J connectivity index is 1.96. The molecule has 0 aliphatic heterocycles. The molecule has 0 spiro atoms. The van der Waals surface area contributed by atoms with Gasteiger partial charge in [-0.1, -0.05) is 26.0 Å². The van der Waals surface area contributed by atoms with Crippen LogP contribution in [0.3, 0.4) is 0 Å². The van der Waals surface area contributed by atoms with Crippen molar-refractivity contribution >= 4 is 11.6 Å². The summed E-state index contributed by atoms with van der Waals surface area (Å²) in [4.78, 5) is 14.6. The molecule has 128 valence electrons. The van der Waals surface area contributed by atoms with E-state index >= 15 is 0 Å². The molecule has 0 atom stereocenters. The third kappa shape index (κ3) is 5.10. The molecule has 4 nitrogen and oxygen atoms in total. The quantitative estimate of drug-likeness (QED) is 0.791. The zero-order valence-corrected chi connectivity index (χ0v) is 14.7. The van der Waals surface area contributed by atoms with Crippen molar-refractivity contribution in [3.8, 4) is 5.75 Å². The van der Waals surface area contributed by atoms with Crippen LogP contribution < -0.4 is 10.1 Å². The van der Waals surface area contributed by atoms with E-state index in [0.29, 0.717) is 12.2 Å². The standard InChI is InChI=1S/C20H26N2O2/c1-4-22(5-2)15-16-7-11-18(12-8-16)21-20(23)17-9-13-19(14-10-17)24-6-3/h7-14H,4-6,15H2,1-3H3,(H,21,23). The Morgan fingerprint density at radius 2 is 1.58 bits per heavy atom. The molecule has 0 saturated heterocycles. The van der Waals surface area contributed by atoms with Crippen molar-refractivity contribution in [2.45, 2.75) is 27.3 Å². The number of hydrogen-bond donors (Lipinski definition) is 1. The third-order valence-corrected chi connectivity index (χ3v) is 3.94. The van der Waals surface area contributed by atoms with Crippen LogP contribution in [0.4, 0.5) is 5.69 Å². The van der Waals surface area contributed by atoms with Crippen molar-refractivity contribution in [2.24, 2.45) is 0 Å². The maximum absolute atomic E-state index is 12.3. The fraction of sp³-hybridized carbons (Fsp3) is 0.350. The van der Waals surface area contributed by atoms with Crippen LogP contribution in [0.5, 0.6) is 5.75 Å². The van der Waals surface area contributed by atoms with Gasteiger partial charge >= 0.3 is 0 Å². The molecule has 0 aromatic heterocycles. The van der Waals surface area contributed by atoms with Gasteiger partial charge in [-0.15, -0.1) is 0 Å². The normalized spacial score (nSPS) is 10.7. The Hall–Kier alpha value is -2.33. The summed E-state index contributed by atoms with van der Waals surface area (Å²) in [5, 5.41) is 2.92. The highest BCUT2D eigenvalue weighted by Crippen LogP contribution is 2.15. The summed E-state index contributed by atoms with van der Waals surface area (Å²) in [6.45, 7) is 9.87. The highest BCUT2D eigenvalue weighted by atomic mass is 16.5. The van der Waals surface area contributed by atoms with E-state index < -0.39 is 0 Å². The van der Waals surface area contributed by atoms with E-state index in [9.17, 15) is 4.79 Å². The van der Waals surface area contributed by atoms with Crippen LogP contribution in [-0.4, -0.2) is 30.5 Å². The molecule has 1 N–H and O–H groups in total. The van der Waals surface area contributed by atoms with E-state index in [2.05, 4.69) is 36.2 Å². The fourth-order valence-electron chi connectivity index (χ4n) is 2.47. The summed E-state index contributed by atoms with van der Waals surface area (Å²) in [5.41, 5.74) is 2.67. The highest BCUT2D eigenvalue weighted by molar-refractivity contribution is 6.04. The first-order valence-corrected chi connectivity index (χ1v) is 8.51. The molecule has 2 rings (SSSR count). The molecule has 0 heterocycles. The molecule has 0 aliphatic rings. The van der Waals surface area contributed by atoms with Gasteiger partial charge < -0.3 is 10.1 Å². The first-order chi connectivity index (χ1) is 11.7. The van der Waals surface area contributed by atoms with Gasteiger partial charge in [0.15, 0.2) is 0 Å². The highest BCUT2D eigenvalue weighted by Gasteiger charge is 2.07. The lowest BCUT2D eigenvalue weighted by Gasteiger charge is -2.18. The fourth-order valence-corrected chi connectivity index (χ4v) is 2.47. The Morgan fingerprint density at radius 1 is 0.958 bits per heavy atom. The van der Waals surface area contributed by atoms with Gasteiger partial charge in [0, 0.05) is 17.8 Å². The Kier molecular flexibility index (Phi) is 6.82. The van der Waals surface area contributed by atoms with Crippen LogP contribution in [0, 0.1) is 0 Å². The van der Waals surface area contributed by atoms with Gasteiger partial charge in [0.2, 0.25) is 0 Å². The number of hydrogen-bond acceptors (Lipinski definition) is 3. The van der Waals surface area contributed by atoms with Crippen LogP contribution in [0.25, 0.3) is 0 Å². The molecule has 0 saturated carbocycles. The number of benzene rings is 2. The number of amides is 1. The predicted octanol–water partition coefficient (Wildman–Crippen LogP) is 4.18. The second-order valence-electron chi connectivity index (χ2n) is 5.57. The molecule has 0 bridgehead atoms.